The van der Waals surface area contributed by atoms with E-state index in [1.807, 2.05) is 6.92 Å². The van der Waals surface area contributed by atoms with Gasteiger partial charge < -0.3 is 5.11 Å². The van der Waals surface area contributed by atoms with E-state index in [-0.39, 0.29) is 28.9 Å². The Morgan fingerprint density at radius 1 is 1.16 bits per heavy atom. The van der Waals surface area contributed by atoms with Crippen molar-refractivity contribution in [2.45, 2.75) is 31.1 Å². The Balaban J connectivity index is 1.63. The van der Waals surface area contributed by atoms with Crippen LogP contribution in [0.2, 0.25) is 0 Å². The van der Waals surface area contributed by atoms with Crippen molar-refractivity contribution in [1.82, 2.24) is 0 Å². The molecular formula is C14H18O4S. The summed E-state index contributed by atoms with van der Waals surface area (Å²) in [6.07, 6.45) is 2.67. The third-order valence-electron chi connectivity index (χ3n) is 4.42. The first-order valence-corrected chi connectivity index (χ1v) is 7.87. The van der Waals surface area contributed by atoms with Crippen molar-refractivity contribution in [1.29, 1.82) is 0 Å². The van der Waals surface area contributed by atoms with Crippen LogP contribution in [0.3, 0.4) is 0 Å². The van der Waals surface area contributed by atoms with Gasteiger partial charge in [-0.15, -0.1) is 0 Å². The minimum atomic E-state index is -3.65. The number of aliphatic hydroxyl groups excluding tert-OH is 1. The van der Waals surface area contributed by atoms with Crippen LogP contribution >= 0.6 is 0 Å². The van der Waals surface area contributed by atoms with Gasteiger partial charge in [-0.1, -0.05) is 17.7 Å². The lowest BCUT2D eigenvalue weighted by Gasteiger charge is -2.70. The van der Waals surface area contributed by atoms with Crippen molar-refractivity contribution in [2.24, 2.45) is 10.8 Å². The van der Waals surface area contributed by atoms with Crippen LogP contribution in [0.5, 0.6) is 0 Å². The zero-order valence-electron chi connectivity index (χ0n) is 10.9. The highest BCUT2D eigenvalue weighted by Crippen LogP contribution is 2.73. The summed E-state index contributed by atoms with van der Waals surface area (Å²) >= 11 is 0. The second kappa shape index (κ2) is 4.04. The van der Waals surface area contributed by atoms with E-state index in [9.17, 15) is 13.5 Å². The predicted octanol–water partition coefficient (Wildman–Crippen LogP) is 1.86. The number of aryl methyl sites for hydroxylation is 1. The summed E-state index contributed by atoms with van der Waals surface area (Å²) < 4.78 is 29.2. The lowest BCUT2D eigenvalue weighted by Crippen LogP contribution is -2.65. The van der Waals surface area contributed by atoms with Gasteiger partial charge in [0.2, 0.25) is 0 Å². The van der Waals surface area contributed by atoms with Gasteiger partial charge in [-0.05, 0) is 49.1 Å². The van der Waals surface area contributed by atoms with Crippen LogP contribution in [-0.4, -0.2) is 26.7 Å². The Bertz CT molecular complexity index is 569. The lowest BCUT2D eigenvalue weighted by molar-refractivity contribution is -0.235. The number of rotatable bonds is 5. The normalized spacial score (nSPS) is 32.5. The van der Waals surface area contributed by atoms with Crippen LogP contribution in [0.1, 0.15) is 24.8 Å². The standard InChI is InChI=1S/C14H18O4S/c1-11-2-4-12(5-3-11)19(16,17)18-10-14-6-13(7-14,8-14)9-15/h2-5,15H,6-10H2,1H3. The van der Waals surface area contributed by atoms with Crippen molar-refractivity contribution in [3.63, 3.8) is 0 Å². The molecule has 1 aromatic carbocycles. The first-order chi connectivity index (χ1) is 8.89. The molecule has 3 aliphatic carbocycles. The summed E-state index contributed by atoms with van der Waals surface area (Å²) in [4.78, 5) is 0.210. The molecule has 2 bridgehead atoms. The molecule has 0 aliphatic heterocycles. The number of aliphatic hydroxyl groups is 1. The molecular weight excluding hydrogens is 264 g/mol. The molecule has 1 N–H and O–H groups in total. The van der Waals surface area contributed by atoms with Crippen LogP contribution in [0.15, 0.2) is 29.2 Å². The van der Waals surface area contributed by atoms with Gasteiger partial charge in [0.15, 0.2) is 0 Å². The van der Waals surface area contributed by atoms with Gasteiger partial charge in [-0.25, -0.2) is 0 Å². The van der Waals surface area contributed by atoms with Crippen LogP contribution in [0.25, 0.3) is 0 Å². The van der Waals surface area contributed by atoms with E-state index in [1.165, 1.54) is 0 Å². The highest BCUT2D eigenvalue weighted by molar-refractivity contribution is 7.86. The van der Waals surface area contributed by atoms with Crippen molar-refractivity contribution in [3.05, 3.63) is 29.8 Å². The van der Waals surface area contributed by atoms with Gasteiger partial charge in [-0.2, -0.15) is 8.42 Å². The molecule has 0 saturated heterocycles. The molecule has 19 heavy (non-hydrogen) atoms. The average Bonchev–Trinajstić information content (AvgIpc) is 2.26. The first kappa shape index (κ1) is 13.1. The zero-order chi connectivity index (χ0) is 13.7. The van der Waals surface area contributed by atoms with Gasteiger partial charge >= 0.3 is 0 Å². The van der Waals surface area contributed by atoms with E-state index in [2.05, 4.69) is 0 Å². The molecule has 0 atom stereocenters. The summed E-state index contributed by atoms with van der Waals surface area (Å²) in [6, 6.07) is 6.67. The molecule has 0 amide bonds. The highest BCUT2D eigenvalue weighted by atomic mass is 32.2. The molecule has 0 aromatic heterocycles. The van der Waals surface area contributed by atoms with Crippen molar-refractivity contribution < 1.29 is 17.7 Å². The summed E-state index contributed by atoms with van der Waals surface area (Å²) in [7, 11) is -3.65. The van der Waals surface area contributed by atoms with E-state index in [4.69, 9.17) is 4.18 Å². The molecule has 3 fully saturated rings. The molecule has 5 heteroatoms. The maximum absolute atomic E-state index is 12.0. The Morgan fingerprint density at radius 3 is 2.26 bits per heavy atom. The molecule has 4 nitrogen and oxygen atoms in total. The van der Waals surface area contributed by atoms with Crippen molar-refractivity contribution in [3.8, 4) is 0 Å². The monoisotopic (exact) mass is 282 g/mol. The van der Waals surface area contributed by atoms with Gasteiger partial charge in [0, 0.05) is 6.61 Å². The van der Waals surface area contributed by atoms with Crippen LogP contribution in [0.4, 0.5) is 0 Å². The van der Waals surface area contributed by atoms with Gasteiger partial charge in [-0.3, -0.25) is 4.18 Å². The molecule has 3 saturated carbocycles. The van der Waals surface area contributed by atoms with Crippen LogP contribution in [0, 0.1) is 17.8 Å². The second-order valence-corrected chi connectivity index (χ2v) is 7.83. The predicted molar refractivity (Wildman–Crippen MR) is 70.1 cm³/mol. The van der Waals surface area contributed by atoms with Gasteiger partial charge in [0.05, 0.1) is 11.5 Å². The Kier molecular flexibility index (Phi) is 2.78. The lowest BCUT2D eigenvalue weighted by atomic mass is 9.36. The Labute approximate surface area is 113 Å². The minimum Gasteiger partial charge on any atom is -0.396 e. The average molecular weight is 282 g/mol. The van der Waals surface area contributed by atoms with E-state index >= 15 is 0 Å². The molecule has 0 heterocycles. The molecule has 104 valence electrons. The Morgan fingerprint density at radius 2 is 1.74 bits per heavy atom. The molecule has 0 radical (unpaired) electrons. The molecule has 4 rings (SSSR count). The summed E-state index contributed by atoms with van der Waals surface area (Å²) in [5.41, 5.74) is 1.10. The number of hydrogen-bond donors (Lipinski definition) is 1. The smallest absolute Gasteiger partial charge is 0.296 e. The van der Waals surface area contributed by atoms with E-state index in [1.54, 1.807) is 24.3 Å². The third-order valence-corrected chi connectivity index (χ3v) is 5.69. The number of benzene rings is 1. The highest BCUT2D eigenvalue weighted by Gasteiger charge is 2.67. The van der Waals surface area contributed by atoms with E-state index in [0.717, 1.165) is 24.8 Å². The summed E-state index contributed by atoms with van der Waals surface area (Å²) in [5, 5.41) is 9.17. The van der Waals surface area contributed by atoms with Gasteiger partial charge in [0.1, 0.15) is 0 Å². The molecule has 0 spiro atoms. The van der Waals surface area contributed by atoms with Crippen LogP contribution in [-0.2, 0) is 14.3 Å². The van der Waals surface area contributed by atoms with E-state index < -0.39 is 10.1 Å². The maximum atomic E-state index is 12.0. The number of hydrogen-bond acceptors (Lipinski definition) is 4. The van der Waals surface area contributed by atoms with Crippen LogP contribution < -0.4 is 0 Å². The second-order valence-electron chi connectivity index (χ2n) is 6.22. The fourth-order valence-electron chi connectivity index (χ4n) is 3.53. The quantitative estimate of drug-likeness (QED) is 0.837. The fourth-order valence-corrected chi connectivity index (χ4v) is 4.54. The third kappa shape index (κ3) is 2.10. The molecule has 0 unspecified atom stereocenters. The van der Waals surface area contributed by atoms with Gasteiger partial charge in [0.25, 0.3) is 10.1 Å². The summed E-state index contributed by atoms with van der Waals surface area (Å²) in [6.45, 7) is 2.36. The molecule has 3 aliphatic rings. The molecule has 1 aromatic rings. The fraction of sp³-hybridized carbons (Fsp3) is 0.571. The Hall–Kier alpha value is -0.910. The topological polar surface area (TPSA) is 63.6 Å². The minimum absolute atomic E-state index is 0.000493. The van der Waals surface area contributed by atoms with Crippen molar-refractivity contribution >= 4 is 10.1 Å². The SMILES string of the molecule is Cc1ccc(S(=O)(=O)OCC23CC(CO)(C2)C3)cc1. The zero-order valence-corrected chi connectivity index (χ0v) is 11.7. The first-order valence-electron chi connectivity index (χ1n) is 6.46. The summed E-state index contributed by atoms with van der Waals surface area (Å²) in [5.74, 6) is 0. The van der Waals surface area contributed by atoms with Crippen molar-refractivity contribution in [2.75, 3.05) is 13.2 Å². The largest absolute Gasteiger partial charge is 0.396 e. The maximum Gasteiger partial charge on any atom is 0.296 e. The van der Waals surface area contributed by atoms with E-state index in [0.29, 0.717) is 0 Å².